The highest BCUT2D eigenvalue weighted by Crippen LogP contribution is 2.58. The highest BCUT2D eigenvalue weighted by Gasteiger charge is 2.48. The Hall–Kier alpha value is -2.50. The number of benzene rings is 1. The minimum atomic E-state index is -1.11. The average Bonchev–Trinajstić information content (AvgIpc) is 3.26. The van der Waals surface area contributed by atoms with Gasteiger partial charge < -0.3 is 20.3 Å². The van der Waals surface area contributed by atoms with Gasteiger partial charge in [0.2, 0.25) is 0 Å². The quantitative estimate of drug-likeness (QED) is 0.194. The van der Waals surface area contributed by atoms with E-state index in [9.17, 15) is 19.8 Å². The lowest BCUT2D eigenvalue weighted by Crippen LogP contribution is -2.45. The number of phenols is 1. The minimum Gasteiger partial charge on any atom is -0.508 e. The number of carboxylic acid groups (broad SMARTS) is 1. The number of hydrogen-bond donors (Lipinski definition) is 3. The summed E-state index contributed by atoms with van der Waals surface area (Å²) in [6, 6.07) is 5.25. The molecule has 2 saturated carbocycles. The summed E-state index contributed by atoms with van der Waals surface area (Å²) in [5.74, 6) is 2.84. The van der Waals surface area contributed by atoms with Gasteiger partial charge in [-0.05, 0) is 109 Å². The molecule has 0 bridgehead atoms. The smallest absolute Gasteiger partial charge is 0.408 e. The number of carbonyl (C=O) groups excluding carboxylic acids is 1. The van der Waals surface area contributed by atoms with Crippen LogP contribution in [0, 0.1) is 40.4 Å². The SMILES string of the molecule is CC(C)CCC[C@@H](C)[C@H]1CC[C@@H](C)[C@]1(C)CC[C@H]1CCC=C2C[C@@H](OC(=O)NC(Cc3ccc(O)cc3)C(=O)O)CC[C@@]21C. The number of alkyl carbamates (subject to hydrolysis) is 1. The molecule has 0 saturated heterocycles. The number of nitrogens with one attached hydrogen (secondary N) is 1. The second-order valence-corrected chi connectivity index (χ2v) is 15.5. The van der Waals surface area contributed by atoms with Crippen LogP contribution < -0.4 is 5.32 Å². The molecule has 0 aliphatic heterocycles. The summed E-state index contributed by atoms with van der Waals surface area (Å²) in [5.41, 5.74) is 2.71. The van der Waals surface area contributed by atoms with Crippen LogP contribution in [0.1, 0.15) is 124 Å². The number of ether oxygens (including phenoxy) is 1. The van der Waals surface area contributed by atoms with Crippen molar-refractivity contribution in [3.8, 4) is 5.75 Å². The fourth-order valence-electron chi connectivity index (χ4n) is 9.08. The highest BCUT2D eigenvalue weighted by molar-refractivity contribution is 5.80. The fourth-order valence-corrected chi connectivity index (χ4v) is 9.08. The molecule has 0 aromatic heterocycles. The Morgan fingerprint density at radius 1 is 1.05 bits per heavy atom. The van der Waals surface area contributed by atoms with E-state index in [-0.39, 0.29) is 23.7 Å². The van der Waals surface area contributed by atoms with Crippen molar-refractivity contribution in [3.05, 3.63) is 41.5 Å². The molecule has 44 heavy (non-hydrogen) atoms. The molecule has 3 aliphatic rings. The van der Waals surface area contributed by atoms with Crippen LogP contribution in [0.5, 0.6) is 5.75 Å². The van der Waals surface area contributed by atoms with Gasteiger partial charge in [0.25, 0.3) is 0 Å². The van der Waals surface area contributed by atoms with E-state index in [1.807, 2.05) is 0 Å². The predicted molar refractivity (Wildman–Crippen MR) is 176 cm³/mol. The zero-order valence-electron chi connectivity index (χ0n) is 28.2. The topological polar surface area (TPSA) is 95.9 Å². The maximum absolute atomic E-state index is 12.8. The summed E-state index contributed by atoms with van der Waals surface area (Å²) in [6.07, 6.45) is 15.8. The maximum Gasteiger partial charge on any atom is 0.408 e. The van der Waals surface area contributed by atoms with Crippen molar-refractivity contribution in [1.29, 1.82) is 0 Å². The average molecular weight is 610 g/mol. The Kier molecular flexibility index (Phi) is 11.5. The molecule has 1 amide bonds. The van der Waals surface area contributed by atoms with E-state index in [0.29, 0.717) is 11.3 Å². The van der Waals surface area contributed by atoms with Gasteiger partial charge in [-0.15, -0.1) is 0 Å². The van der Waals surface area contributed by atoms with Crippen molar-refractivity contribution in [3.63, 3.8) is 0 Å². The first-order valence-electron chi connectivity index (χ1n) is 17.5. The molecule has 6 nitrogen and oxygen atoms in total. The number of fused-ring (bicyclic) bond motifs is 1. The lowest BCUT2D eigenvalue weighted by Gasteiger charge is -2.49. The normalized spacial score (nSPS) is 31.6. The van der Waals surface area contributed by atoms with E-state index in [1.54, 1.807) is 12.1 Å². The number of carboxylic acids is 1. The van der Waals surface area contributed by atoms with Crippen molar-refractivity contribution < 1.29 is 24.5 Å². The maximum atomic E-state index is 12.8. The molecule has 0 radical (unpaired) electrons. The third kappa shape index (κ3) is 8.20. The predicted octanol–water partition coefficient (Wildman–Crippen LogP) is 9.30. The Bertz CT molecular complexity index is 1140. The molecule has 4 rings (SSSR count). The molecular formula is C38H59NO5. The third-order valence-corrected chi connectivity index (χ3v) is 12.3. The lowest BCUT2D eigenvalue weighted by molar-refractivity contribution is -0.139. The molecule has 1 unspecified atom stereocenters. The molecule has 1 aromatic carbocycles. The van der Waals surface area contributed by atoms with E-state index >= 15 is 0 Å². The fraction of sp³-hybridized carbons (Fsp3) is 0.737. The van der Waals surface area contributed by atoms with Crippen LogP contribution in [0.15, 0.2) is 35.9 Å². The van der Waals surface area contributed by atoms with Gasteiger partial charge in [0.15, 0.2) is 0 Å². The van der Waals surface area contributed by atoms with Crippen molar-refractivity contribution in [2.75, 3.05) is 0 Å². The molecule has 6 heteroatoms. The van der Waals surface area contributed by atoms with Crippen LogP contribution >= 0.6 is 0 Å². The zero-order chi connectivity index (χ0) is 32.1. The van der Waals surface area contributed by atoms with E-state index in [2.05, 4.69) is 52.9 Å². The van der Waals surface area contributed by atoms with Gasteiger partial charge in [-0.2, -0.15) is 0 Å². The lowest BCUT2D eigenvalue weighted by atomic mass is 9.57. The van der Waals surface area contributed by atoms with Crippen LogP contribution in [0.4, 0.5) is 4.79 Å². The van der Waals surface area contributed by atoms with E-state index < -0.39 is 18.1 Å². The molecule has 246 valence electrons. The number of rotatable bonds is 13. The van der Waals surface area contributed by atoms with Crippen LogP contribution in [0.25, 0.3) is 0 Å². The summed E-state index contributed by atoms with van der Waals surface area (Å²) in [6.45, 7) is 14.7. The van der Waals surface area contributed by atoms with Crippen LogP contribution in [-0.4, -0.2) is 34.4 Å². The summed E-state index contributed by atoms with van der Waals surface area (Å²) in [4.78, 5) is 24.7. The molecule has 8 atom stereocenters. The largest absolute Gasteiger partial charge is 0.508 e. The van der Waals surface area contributed by atoms with Crippen molar-refractivity contribution in [1.82, 2.24) is 5.32 Å². The molecule has 3 N–H and O–H groups in total. The van der Waals surface area contributed by atoms with E-state index in [1.165, 1.54) is 69.1 Å². The van der Waals surface area contributed by atoms with Crippen LogP contribution in [0.3, 0.4) is 0 Å². The van der Waals surface area contributed by atoms with Crippen molar-refractivity contribution in [2.45, 2.75) is 137 Å². The first-order chi connectivity index (χ1) is 20.8. The highest BCUT2D eigenvalue weighted by atomic mass is 16.6. The first kappa shape index (κ1) is 34.4. The van der Waals surface area contributed by atoms with Crippen LogP contribution in [-0.2, 0) is 16.0 Å². The van der Waals surface area contributed by atoms with Gasteiger partial charge in [0, 0.05) is 12.8 Å². The Balaban J connectivity index is 1.32. The van der Waals surface area contributed by atoms with Gasteiger partial charge in [-0.1, -0.05) is 84.6 Å². The number of hydrogen-bond acceptors (Lipinski definition) is 4. The molecule has 1 aromatic rings. The molecular weight excluding hydrogens is 550 g/mol. The number of phenolic OH excluding ortho intramolecular Hbond substituents is 1. The third-order valence-electron chi connectivity index (χ3n) is 12.3. The monoisotopic (exact) mass is 609 g/mol. The first-order valence-corrected chi connectivity index (χ1v) is 17.5. The number of amides is 1. The van der Waals surface area contributed by atoms with Gasteiger partial charge in [0.05, 0.1) is 0 Å². The molecule has 3 aliphatic carbocycles. The molecule has 2 fully saturated rings. The van der Waals surface area contributed by atoms with Crippen molar-refractivity contribution >= 4 is 12.1 Å². The summed E-state index contributed by atoms with van der Waals surface area (Å²) < 4.78 is 5.82. The van der Waals surface area contributed by atoms with Gasteiger partial charge in [0.1, 0.15) is 17.9 Å². The summed E-state index contributed by atoms with van der Waals surface area (Å²) >= 11 is 0. The summed E-state index contributed by atoms with van der Waals surface area (Å²) in [5, 5.41) is 21.8. The number of aliphatic carboxylic acids is 1. The number of allylic oxidation sites excluding steroid dienone is 1. The van der Waals surface area contributed by atoms with E-state index in [0.717, 1.165) is 54.9 Å². The molecule has 0 spiro atoms. The number of aromatic hydroxyl groups is 1. The Labute approximate surface area is 266 Å². The van der Waals surface area contributed by atoms with E-state index in [4.69, 9.17) is 4.74 Å². The standard InChI is InChI=1S/C38H59NO5/c1-25(2)9-7-10-26(3)33-18-13-27(4)37(33,5)21-19-29-11-8-12-30-24-32(20-22-38(29,30)6)44-36(43)39-34(35(41)42)23-28-14-16-31(40)17-15-28/h12,14-17,25-27,29,32-34,40H,7-11,13,18-24H2,1-6H3,(H,39,43)(H,41,42)/t26-,27-,29-,32+,33-,34?,37+,38-/m1/s1. The minimum absolute atomic E-state index is 0.116. The Morgan fingerprint density at radius 2 is 1.77 bits per heavy atom. The van der Waals surface area contributed by atoms with Crippen molar-refractivity contribution in [2.24, 2.45) is 40.4 Å². The Morgan fingerprint density at radius 3 is 2.45 bits per heavy atom. The second kappa shape index (κ2) is 14.7. The zero-order valence-corrected chi connectivity index (χ0v) is 28.2. The number of carbonyl (C=O) groups is 2. The van der Waals surface area contributed by atoms with Gasteiger partial charge in [-0.25, -0.2) is 9.59 Å². The van der Waals surface area contributed by atoms with Gasteiger partial charge >= 0.3 is 12.1 Å². The second-order valence-electron chi connectivity index (χ2n) is 15.5. The summed E-state index contributed by atoms with van der Waals surface area (Å²) in [7, 11) is 0. The van der Waals surface area contributed by atoms with Crippen LogP contribution in [0.2, 0.25) is 0 Å². The van der Waals surface area contributed by atoms with Gasteiger partial charge in [-0.3, -0.25) is 0 Å². The molecule has 0 heterocycles.